The fourth-order valence-electron chi connectivity index (χ4n) is 5.59. The summed E-state index contributed by atoms with van der Waals surface area (Å²) in [4.78, 5) is 30.2. The van der Waals surface area contributed by atoms with E-state index in [-0.39, 0.29) is 36.7 Å². The van der Waals surface area contributed by atoms with E-state index in [0.29, 0.717) is 35.2 Å². The molecule has 0 amide bonds. The van der Waals surface area contributed by atoms with Crippen LogP contribution in [0.5, 0.6) is 34.5 Å². The largest absolute Gasteiger partial charge is 0.493 e. The average Bonchev–Trinajstić information content (AvgIpc) is 3.58. The van der Waals surface area contributed by atoms with Gasteiger partial charge in [-0.05, 0) is 47.9 Å². The lowest BCUT2D eigenvalue weighted by molar-refractivity contribution is -0.141. The zero-order chi connectivity index (χ0) is 26.4. The summed E-state index contributed by atoms with van der Waals surface area (Å²) in [6.45, 7) is 0.238. The standard InChI is InChI=1S/C28H25NO9/c1-32-19-9-14(10-20(33-2)25(19)34-3)22-16-11-21-26(37-13-36-21)24(38-27(30)18-6-4-5-7-29-18)17(16)8-15-12-35-28(31)23(15)22/h4-7,9-11,15,22-23H,8,12-13H2,1-3H3. The molecule has 1 aliphatic carbocycles. The molecule has 0 bridgehead atoms. The third-order valence-corrected chi connectivity index (χ3v) is 7.25. The van der Waals surface area contributed by atoms with E-state index < -0.39 is 17.8 Å². The van der Waals surface area contributed by atoms with Gasteiger partial charge in [0.25, 0.3) is 0 Å². The summed E-state index contributed by atoms with van der Waals surface area (Å²) in [5, 5.41) is 0. The molecular weight excluding hydrogens is 494 g/mol. The number of methoxy groups -OCH3 is 3. The van der Waals surface area contributed by atoms with E-state index in [1.54, 1.807) is 18.2 Å². The minimum absolute atomic E-state index is 0.0177. The SMILES string of the molecule is COc1cc(C2c3cc4c(c(OC(=O)c5ccccn5)c3CC3COC(=O)C32)OCO4)cc(OC)c1OC. The lowest BCUT2D eigenvalue weighted by Gasteiger charge is -2.34. The maximum absolute atomic E-state index is 13.1. The Balaban J connectivity index is 1.54. The maximum Gasteiger partial charge on any atom is 0.362 e. The number of ether oxygens (including phenoxy) is 7. The maximum atomic E-state index is 13.1. The van der Waals surface area contributed by atoms with Crippen molar-refractivity contribution in [2.45, 2.75) is 12.3 Å². The summed E-state index contributed by atoms with van der Waals surface area (Å²) in [6.07, 6.45) is 1.97. The molecule has 3 unspecified atom stereocenters. The van der Waals surface area contributed by atoms with Crippen molar-refractivity contribution in [1.82, 2.24) is 4.98 Å². The fourth-order valence-corrected chi connectivity index (χ4v) is 5.59. The first-order valence-electron chi connectivity index (χ1n) is 12.1. The second-order valence-electron chi connectivity index (χ2n) is 9.17. The molecule has 0 radical (unpaired) electrons. The van der Waals surface area contributed by atoms with Crippen LogP contribution in [0.15, 0.2) is 42.6 Å². The van der Waals surface area contributed by atoms with Gasteiger partial charge in [0.1, 0.15) is 5.69 Å². The lowest BCUT2D eigenvalue weighted by atomic mass is 9.67. The van der Waals surface area contributed by atoms with Crippen molar-refractivity contribution in [2.24, 2.45) is 11.8 Å². The molecule has 10 heteroatoms. The molecule has 0 N–H and O–H groups in total. The molecule has 3 aliphatic rings. The molecule has 0 saturated carbocycles. The van der Waals surface area contributed by atoms with Crippen LogP contribution in [0, 0.1) is 11.8 Å². The number of benzene rings is 2. The summed E-state index contributed by atoms with van der Waals surface area (Å²) in [7, 11) is 4.61. The minimum Gasteiger partial charge on any atom is -0.493 e. The second kappa shape index (κ2) is 9.44. The van der Waals surface area contributed by atoms with Crippen LogP contribution in [-0.4, -0.2) is 51.7 Å². The van der Waals surface area contributed by atoms with E-state index in [2.05, 4.69) is 4.98 Å². The van der Waals surface area contributed by atoms with Gasteiger partial charge >= 0.3 is 11.9 Å². The molecule has 38 heavy (non-hydrogen) atoms. The number of aromatic nitrogens is 1. The highest BCUT2D eigenvalue weighted by atomic mass is 16.7. The predicted octanol–water partition coefficient (Wildman–Crippen LogP) is 3.53. The van der Waals surface area contributed by atoms with Crippen LogP contribution in [0.25, 0.3) is 0 Å². The summed E-state index contributed by atoms with van der Waals surface area (Å²) >= 11 is 0. The Morgan fingerprint density at radius 1 is 0.974 bits per heavy atom. The van der Waals surface area contributed by atoms with Crippen molar-refractivity contribution in [1.29, 1.82) is 0 Å². The lowest BCUT2D eigenvalue weighted by Crippen LogP contribution is -2.32. The third-order valence-electron chi connectivity index (χ3n) is 7.25. The van der Waals surface area contributed by atoms with Gasteiger partial charge in [0.15, 0.2) is 23.0 Å². The first kappa shape index (κ1) is 23.9. The van der Waals surface area contributed by atoms with Crippen LogP contribution < -0.4 is 28.4 Å². The highest BCUT2D eigenvalue weighted by Gasteiger charge is 2.50. The van der Waals surface area contributed by atoms with E-state index in [1.807, 2.05) is 18.2 Å². The Labute approximate surface area is 218 Å². The molecule has 1 fully saturated rings. The van der Waals surface area contributed by atoms with Crippen LogP contribution in [0.4, 0.5) is 0 Å². The number of hydrogen-bond donors (Lipinski definition) is 0. The van der Waals surface area contributed by atoms with Gasteiger partial charge in [-0.15, -0.1) is 0 Å². The van der Waals surface area contributed by atoms with Gasteiger partial charge < -0.3 is 33.2 Å². The molecule has 1 saturated heterocycles. The van der Waals surface area contributed by atoms with Crippen molar-refractivity contribution < 1.29 is 42.7 Å². The summed E-state index contributed by atoms with van der Waals surface area (Å²) in [5.74, 6) is 0.406. The Bertz CT molecular complexity index is 1400. The van der Waals surface area contributed by atoms with Gasteiger partial charge in [-0.25, -0.2) is 9.78 Å². The van der Waals surface area contributed by atoms with Crippen LogP contribution in [0.2, 0.25) is 0 Å². The molecule has 2 aliphatic heterocycles. The van der Waals surface area contributed by atoms with Gasteiger partial charge in [-0.3, -0.25) is 4.79 Å². The Hall–Kier alpha value is -4.47. The zero-order valence-electron chi connectivity index (χ0n) is 21.0. The van der Waals surface area contributed by atoms with E-state index in [4.69, 9.17) is 33.2 Å². The number of hydrogen-bond acceptors (Lipinski definition) is 10. The Morgan fingerprint density at radius 3 is 2.45 bits per heavy atom. The predicted molar refractivity (Wildman–Crippen MR) is 131 cm³/mol. The number of nitrogens with zero attached hydrogens (tertiary/aromatic N) is 1. The molecule has 3 heterocycles. The number of cyclic esters (lactones) is 1. The number of esters is 2. The summed E-state index contributed by atoms with van der Waals surface area (Å²) in [5.41, 5.74) is 2.44. The van der Waals surface area contributed by atoms with Gasteiger partial charge in [0, 0.05) is 23.6 Å². The van der Waals surface area contributed by atoms with Gasteiger partial charge in [-0.2, -0.15) is 0 Å². The van der Waals surface area contributed by atoms with Gasteiger partial charge in [0.05, 0.1) is 33.9 Å². The molecule has 10 nitrogen and oxygen atoms in total. The highest BCUT2D eigenvalue weighted by Crippen LogP contribution is 2.56. The number of rotatable bonds is 6. The quantitative estimate of drug-likeness (QED) is 0.354. The van der Waals surface area contributed by atoms with Crippen molar-refractivity contribution >= 4 is 11.9 Å². The molecule has 3 atom stereocenters. The van der Waals surface area contributed by atoms with E-state index >= 15 is 0 Å². The molecule has 0 spiro atoms. The monoisotopic (exact) mass is 519 g/mol. The first-order chi connectivity index (χ1) is 18.5. The molecule has 1 aromatic heterocycles. The molecule has 2 aromatic carbocycles. The van der Waals surface area contributed by atoms with E-state index in [9.17, 15) is 9.59 Å². The first-order valence-corrected chi connectivity index (χ1v) is 12.1. The minimum atomic E-state index is -0.623. The highest BCUT2D eigenvalue weighted by molar-refractivity contribution is 5.90. The Kier molecular flexibility index (Phi) is 5.94. The zero-order valence-corrected chi connectivity index (χ0v) is 21.0. The molecule has 196 valence electrons. The van der Waals surface area contributed by atoms with Crippen molar-refractivity contribution in [3.8, 4) is 34.5 Å². The van der Waals surface area contributed by atoms with E-state index in [0.717, 1.165) is 16.7 Å². The van der Waals surface area contributed by atoms with Crippen LogP contribution in [0.3, 0.4) is 0 Å². The third kappa shape index (κ3) is 3.75. The molecule has 6 rings (SSSR count). The van der Waals surface area contributed by atoms with Crippen LogP contribution in [0.1, 0.15) is 33.1 Å². The summed E-state index contributed by atoms with van der Waals surface area (Å²) in [6, 6.07) is 10.5. The smallest absolute Gasteiger partial charge is 0.362 e. The van der Waals surface area contributed by atoms with Gasteiger partial charge in [0.2, 0.25) is 18.3 Å². The normalized spacial score (nSPS) is 20.7. The van der Waals surface area contributed by atoms with Gasteiger partial charge in [-0.1, -0.05) is 6.07 Å². The number of fused-ring (bicyclic) bond motifs is 3. The van der Waals surface area contributed by atoms with Crippen molar-refractivity contribution in [2.75, 3.05) is 34.7 Å². The second-order valence-corrected chi connectivity index (χ2v) is 9.17. The van der Waals surface area contributed by atoms with Crippen LogP contribution >= 0.6 is 0 Å². The molecule has 3 aromatic rings. The topological polar surface area (TPSA) is 112 Å². The number of carbonyl (C=O) groups excluding carboxylic acids is 2. The summed E-state index contributed by atoms with van der Waals surface area (Å²) < 4.78 is 39.6. The van der Waals surface area contributed by atoms with Crippen molar-refractivity contribution in [3.05, 3.63) is 65.0 Å². The number of pyridine rings is 1. The van der Waals surface area contributed by atoms with Crippen molar-refractivity contribution in [3.63, 3.8) is 0 Å². The van der Waals surface area contributed by atoms with E-state index in [1.165, 1.54) is 27.5 Å². The molecular formula is C28H25NO9. The Morgan fingerprint density at radius 2 is 1.76 bits per heavy atom. The fraction of sp³-hybridized carbons (Fsp3) is 0.321. The number of carbonyl (C=O) groups is 2. The van der Waals surface area contributed by atoms with Crippen LogP contribution in [-0.2, 0) is 16.0 Å². The average molecular weight is 520 g/mol.